The summed E-state index contributed by atoms with van der Waals surface area (Å²) in [6, 6.07) is 1.25. The summed E-state index contributed by atoms with van der Waals surface area (Å²) in [6.45, 7) is 0. The van der Waals surface area contributed by atoms with E-state index in [1.54, 1.807) is 6.08 Å². The molecule has 0 heterocycles. The SMILES string of the molecule is O=C(O)C=CCCC[SiH3]. The predicted molar refractivity (Wildman–Crippen MR) is 40.8 cm³/mol. The predicted octanol–water partition coefficient (Wildman–Crippen LogP) is 0.191. The highest BCUT2D eigenvalue weighted by Gasteiger charge is 1.83. The van der Waals surface area contributed by atoms with Crippen molar-refractivity contribution in [2.45, 2.75) is 18.9 Å². The van der Waals surface area contributed by atoms with Crippen molar-refractivity contribution in [3.63, 3.8) is 0 Å². The van der Waals surface area contributed by atoms with Crippen LogP contribution in [0.1, 0.15) is 12.8 Å². The number of hydrogen-bond donors (Lipinski definition) is 1. The topological polar surface area (TPSA) is 37.3 Å². The van der Waals surface area contributed by atoms with Crippen molar-refractivity contribution in [2.24, 2.45) is 0 Å². The Balaban J connectivity index is 3.15. The lowest BCUT2D eigenvalue weighted by molar-refractivity contribution is -0.131. The maximum absolute atomic E-state index is 9.88. The fraction of sp³-hybridized carbons (Fsp3) is 0.500. The van der Waals surface area contributed by atoms with E-state index in [2.05, 4.69) is 0 Å². The van der Waals surface area contributed by atoms with Crippen LogP contribution >= 0.6 is 0 Å². The standard InChI is InChI=1S/C6H12O2Si/c7-6(8)4-2-1-3-5-9/h2,4H,1,3,5H2,9H3,(H,7,8). The number of hydrogen-bond acceptors (Lipinski definition) is 1. The third-order valence-corrected chi connectivity index (χ3v) is 1.69. The van der Waals surface area contributed by atoms with Gasteiger partial charge in [0.2, 0.25) is 0 Å². The normalized spacial score (nSPS) is 10.7. The molecular formula is C6H12O2Si. The molecule has 0 unspecified atom stereocenters. The number of carboxylic acids is 1. The maximum atomic E-state index is 9.88. The van der Waals surface area contributed by atoms with Gasteiger partial charge in [0.1, 0.15) is 0 Å². The van der Waals surface area contributed by atoms with Gasteiger partial charge in [0.05, 0.1) is 0 Å². The highest BCUT2D eigenvalue weighted by Crippen LogP contribution is 1.92. The lowest BCUT2D eigenvalue weighted by Crippen LogP contribution is -1.85. The highest BCUT2D eigenvalue weighted by atomic mass is 28.1. The molecule has 0 aliphatic carbocycles. The van der Waals surface area contributed by atoms with E-state index in [0.29, 0.717) is 0 Å². The Morgan fingerprint density at radius 1 is 1.67 bits per heavy atom. The summed E-state index contributed by atoms with van der Waals surface area (Å²) in [5.41, 5.74) is 0. The molecule has 0 fully saturated rings. The van der Waals surface area contributed by atoms with E-state index in [1.165, 1.54) is 22.4 Å². The smallest absolute Gasteiger partial charge is 0.327 e. The first-order valence-electron chi connectivity index (χ1n) is 3.17. The van der Waals surface area contributed by atoms with Gasteiger partial charge in [-0.3, -0.25) is 0 Å². The van der Waals surface area contributed by atoms with Gasteiger partial charge in [-0.25, -0.2) is 4.79 Å². The third-order valence-electron chi connectivity index (χ3n) is 0.985. The maximum Gasteiger partial charge on any atom is 0.327 e. The summed E-state index contributed by atoms with van der Waals surface area (Å²) in [5, 5.41) is 8.13. The van der Waals surface area contributed by atoms with Crippen LogP contribution in [-0.2, 0) is 4.79 Å². The van der Waals surface area contributed by atoms with E-state index in [9.17, 15) is 4.79 Å². The average molecular weight is 144 g/mol. The van der Waals surface area contributed by atoms with Gasteiger partial charge in [0.15, 0.2) is 0 Å². The number of allylic oxidation sites excluding steroid dienone is 1. The minimum Gasteiger partial charge on any atom is -0.478 e. The largest absolute Gasteiger partial charge is 0.478 e. The molecule has 0 saturated heterocycles. The molecule has 3 heteroatoms. The van der Waals surface area contributed by atoms with Crippen LogP contribution in [0.25, 0.3) is 0 Å². The van der Waals surface area contributed by atoms with Crippen LogP contribution in [0.15, 0.2) is 12.2 Å². The van der Waals surface area contributed by atoms with Crippen LogP contribution in [0, 0.1) is 0 Å². The second-order valence-corrected chi connectivity index (χ2v) is 2.88. The van der Waals surface area contributed by atoms with Gasteiger partial charge in [0, 0.05) is 16.3 Å². The minimum atomic E-state index is -0.844. The van der Waals surface area contributed by atoms with Crippen LogP contribution in [0.5, 0.6) is 0 Å². The molecule has 0 spiro atoms. The van der Waals surface area contributed by atoms with Crippen LogP contribution in [0.2, 0.25) is 6.04 Å². The number of carbonyl (C=O) groups is 1. The zero-order chi connectivity index (χ0) is 7.11. The van der Waals surface area contributed by atoms with Crippen LogP contribution in [0.3, 0.4) is 0 Å². The number of carboxylic acid groups (broad SMARTS) is 1. The number of aliphatic carboxylic acids is 1. The van der Waals surface area contributed by atoms with Gasteiger partial charge in [-0.15, -0.1) is 0 Å². The molecule has 9 heavy (non-hydrogen) atoms. The first-order valence-corrected chi connectivity index (χ1v) is 4.58. The molecule has 0 aromatic carbocycles. The highest BCUT2D eigenvalue weighted by molar-refractivity contribution is 6.08. The molecule has 0 aliphatic rings. The van der Waals surface area contributed by atoms with Crippen molar-refractivity contribution in [1.82, 2.24) is 0 Å². The summed E-state index contributed by atoms with van der Waals surface area (Å²) in [4.78, 5) is 9.88. The van der Waals surface area contributed by atoms with Gasteiger partial charge >= 0.3 is 5.97 Å². The molecule has 0 bridgehead atoms. The first kappa shape index (κ1) is 8.43. The monoisotopic (exact) mass is 144 g/mol. The minimum absolute atomic E-state index is 0.844. The fourth-order valence-electron chi connectivity index (χ4n) is 0.506. The molecule has 0 rings (SSSR count). The van der Waals surface area contributed by atoms with E-state index < -0.39 is 5.97 Å². The van der Waals surface area contributed by atoms with Gasteiger partial charge < -0.3 is 5.11 Å². The molecule has 0 aromatic rings. The van der Waals surface area contributed by atoms with Crippen LogP contribution < -0.4 is 0 Å². The Morgan fingerprint density at radius 2 is 2.33 bits per heavy atom. The summed E-state index contributed by atoms with van der Waals surface area (Å²) in [7, 11) is 1.22. The Morgan fingerprint density at radius 3 is 2.78 bits per heavy atom. The van der Waals surface area contributed by atoms with E-state index in [1.807, 2.05) is 0 Å². The molecule has 0 amide bonds. The van der Waals surface area contributed by atoms with E-state index in [4.69, 9.17) is 5.11 Å². The van der Waals surface area contributed by atoms with Gasteiger partial charge in [0.25, 0.3) is 0 Å². The molecule has 52 valence electrons. The van der Waals surface area contributed by atoms with E-state index in [0.717, 1.165) is 12.8 Å². The second kappa shape index (κ2) is 5.56. The van der Waals surface area contributed by atoms with E-state index >= 15 is 0 Å². The zero-order valence-electron chi connectivity index (χ0n) is 5.63. The van der Waals surface area contributed by atoms with Gasteiger partial charge in [-0.2, -0.15) is 0 Å². The Labute approximate surface area is 58.0 Å². The second-order valence-electron chi connectivity index (χ2n) is 1.88. The van der Waals surface area contributed by atoms with Crippen molar-refractivity contribution in [3.8, 4) is 0 Å². The molecular weight excluding hydrogens is 132 g/mol. The molecule has 1 N–H and O–H groups in total. The quantitative estimate of drug-likeness (QED) is 0.347. The zero-order valence-corrected chi connectivity index (χ0v) is 7.63. The fourth-order valence-corrected chi connectivity index (χ4v) is 0.914. The van der Waals surface area contributed by atoms with Crippen LogP contribution in [0.4, 0.5) is 0 Å². The molecule has 0 saturated carbocycles. The third kappa shape index (κ3) is 7.43. The lowest BCUT2D eigenvalue weighted by Gasteiger charge is -1.84. The van der Waals surface area contributed by atoms with Crippen molar-refractivity contribution >= 4 is 16.2 Å². The molecule has 0 aromatic heterocycles. The Hall–Kier alpha value is -0.573. The van der Waals surface area contributed by atoms with Gasteiger partial charge in [-0.1, -0.05) is 18.5 Å². The summed E-state index contributed by atoms with van der Waals surface area (Å²) < 4.78 is 0. The summed E-state index contributed by atoms with van der Waals surface area (Å²) in [6.07, 6.45) is 4.96. The molecule has 0 radical (unpaired) electrons. The summed E-state index contributed by atoms with van der Waals surface area (Å²) in [5.74, 6) is -0.844. The molecule has 2 nitrogen and oxygen atoms in total. The van der Waals surface area contributed by atoms with Crippen molar-refractivity contribution in [2.75, 3.05) is 0 Å². The van der Waals surface area contributed by atoms with E-state index in [-0.39, 0.29) is 0 Å². The van der Waals surface area contributed by atoms with Crippen molar-refractivity contribution in [3.05, 3.63) is 12.2 Å². The van der Waals surface area contributed by atoms with Crippen molar-refractivity contribution < 1.29 is 9.90 Å². The van der Waals surface area contributed by atoms with Gasteiger partial charge in [-0.05, 0) is 6.42 Å². The number of unbranched alkanes of at least 4 members (excludes halogenated alkanes) is 1. The number of rotatable bonds is 4. The van der Waals surface area contributed by atoms with Crippen molar-refractivity contribution in [1.29, 1.82) is 0 Å². The Bertz CT molecular complexity index is 110. The first-order chi connectivity index (χ1) is 4.27. The summed E-state index contributed by atoms with van der Waals surface area (Å²) >= 11 is 0. The lowest BCUT2D eigenvalue weighted by atomic mass is 10.3. The Kier molecular flexibility index (Phi) is 5.21. The molecule has 0 atom stereocenters. The molecule has 0 aliphatic heterocycles. The van der Waals surface area contributed by atoms with Crippen LogP contribution in [-0.4, -0.2) is 21.3 Å². The average Bonchev–Trinajstić information content (AvgIpc) is 1.80.